The van der Waals surface area contributed by atoms with Gasteiger partial charge in [0.25, 0.3) is 0 Å². The zero-order valence-electron chi connectivity index (χ0n) is 10.7. The van der Waals surface area contributed by atoms with E-state index >= 15 is 0 Å². The molecule has 1 saturated heterocycles. The zero-order valence-corrected chi connectivity index (χ0v) is 11.5. The highest BCUT2D eigenvalue weighted by Gasteiger charge is 2.41. The quantitative estimate of drug-likeness (QED) is 0.547. The average molecular weight is 286 g/mol. The number of ether oxygens (including phenoxy) is 1. The molecule has 2 aliphatic heterocycles. The summed E-state index contributed by atoms with van der Waals surface area (Å²) < 4.78 is 5.82. The largest absolute Gasteiger partial charge is 0.493 e. The van der Waals surface area contributed by atoms with Crippen molar-refractivity contribution in [2.75, 3.05) is 6.61 Å². The smallest absolute Gasteiger partial charge is 0.195 e. The van der Waals surface area contributed by atoms with E-state index in [0.717, 1.165) is 17.7 Å². The van der Waals surface area contributed by atoms with E-state index in [9.17, 15) is 0 Å². The number of hydrogen-bond donors (Lipinski definition) is 4. The number of hydrazine groups is 2. The van der Waals surface area contributed by atoms with E-state index in [-0.39, 0.29) is 0 Å². The highest BCUT2D eigenvalue weighted by atomic mass is 32.1. The lowest BCUT2D eigenvalue weighted by atomic mass is 9.89. The van der Waals surface area contributed by atoms with Crippen LogP contribution in [0.1, 0.15) is 12.0 Å². The van der Waals surface area contributed by atoms with Crippen molar-refractivity contribution in [3.63, 3.8) is 0 Å². The molecule has 0 bridgehead atoms. The molecule has 0 radical (unpaired) electrons. The van der Waals surface area contributed by atoms with Crippen molar-refractivity contribution in [2.24, 2.45) is 0 Å². The molecular formula is C14H14N4OS. The molecule has 5 nitrogen and oxygen atoms in total. The second kappa shape index (κ2) is 4.31. The monoisotopic (exact) mass is 286 g/mol. The van der Waals surface area contributed by atoms with E-state index in [2.05, 4.69) is 39.9 Å². The van der Waals surface area contributed by atoms with E-state index < -0.39 is 5.66 Å². The predicted molar refractivity (Wildman–Crippen MR) is 80.9 cm³/mol. The fourth-order valence-electron chi connectivity index (χ4n) is 2.89. The van der Waals surface area contributed by atoms with Gasteiger partial charge in [-0.25, -0.2) is 10.9 Å². The van der Waals surface area contributed by atoms with E-state index in [1.807, 2.05) is 18.2 Å². The van der Waals surface area contributed by atoms with Crippen LogP contribution in [-0.2, 0) is 5.66 Å². The summed E-state index contributed by atoms with van der Waals surface area (Å²) in [5.74, 6) is 0.895. The van der Waals surface area contributed by atoms with Crippen molar-refractivity contribution in [2.45, 2.75) is 12.1 Å². The molecule has 0 amide bonds. The van der Waals surface area contributed by atoms with Crippen molar-refractivity contribution in [3.8, 4) is 5.75 Å². The van der Waals surface area contributed by atoms with Crippen LogP contribution in [-0.4, -0.2) is 11.7 Å². The molecule has 20 heavy (non-hydrogen) atoms. The molecule has 0 aromatic heterocycles. The van der Waals surface area contributed by atoms with Crippen molar-refractivity contribution >= 4 is 28.1 Å². The number of nitrogens with one attached hydrogen (secondary N) is 4. The van der Waals surface area contributed by atoms with Crippen LogP contribution in [0, 0.1) is 0 Å². The van der Waals surface area contributed by atoms with Crippen LogP contribution in [0.5, 0.6) is 5.75 Å². The molecule has 4 N–H and O–H groups in total. The molecule has 1 fully saturated rings. The predicted octanol–water partition coefficient (Wildman–Crippen LogP) is 1.26. The van der Waals surface area contributed by atoms with Crippen LogP contribution in [0.3, 0.4) is 0 Å². The van der Waals surface area contributed by atoms with Crippen LogP contribution in [0.4, 0.5) is 0 Å². The summed E-state index contributed by atoms with van der Waals surface area (Å²) in [5, 5.41) is 2.89. The average Bonchev–Trinajstić information content (AvgIpc) is 2.50. The minimum absolute atomic E-state index is 0.434. The minimum atomic E-state index is -0.434. The number of rotatable bonds is 0. The first-order valence-corrected chi connectivity index (χ1v) is 6.95. The first-order valence-electron chi connectivity index (χ1n) is 6.54. The Bertz CT molecular complexity index is 693. The third kappa shape index (κ3) is 1.66. The summed E-state index contributed by atoms with van der Waals surface area (Å²) in [6, 6.07) is 12.4. The van der Waals surface area contributed by atoms with Gasteiger partial charge in [0.15, 0.2) is 5.11 Å². The van der Waals surface area contributed by atoms with Crippen LogP contribution >= 0.6 is 12.2 Å². The Labute approximate surface area is 121 Å². The van der Waals surface area contributed by atoms with Gasteiger partial charge in [-0.05, 0) is 29.1 Å². The molecule has 102 valence electrons. The number of fused-ring (bicyclic) bond motifs is 4. The van der Waals surface area contributed by atoms with Gasteiger partial charge >= 0.3 is 0 Å². The maximum Gasteiger partial charge on any atom is 0.195 e. The molecule has 1 spiro atoms. The standard InChI is InChI=1S/C14H14N4OS/c20-13-15-17-14(18-16-13)7-8-19-11-6-5-9-3-1-2-4-10(9)12(11)14/h1-6,17-18H,7-8H2,(H2,15,16,20). The van der Waals surface area contributed by atoms with E-state index in [4.69, 9.17) is 17.0 Å². The SMILES string of the molecule is S=C1NNC2(CCOc3ccc4ccccc4c32)NN1. The lowest BCUT2D eigenvalue weighted by Crippen LogP contribution is -2.72. The van der Waals surface area contributed by atoms with Gasteiger partial charge in [0.05, 0.1) is 6.61 Å². The van der Waals surface area contributed by atoms with Gasteiger partial charge in [-0.3, -0.25) is 10.9 Å². The Morgan fingerprint density at radius 1 is 1.05 bits per heavy atom. The van der Waals surface area contributed by atoms with Gasteiger partial charge in [-0.1, -0.05) is 30.3 Å². The summed E-state index contributed by atoms with van der Waals surface area (Å²) in [5.41, 5.74) is 13.2. The molecule has 2 heterocycles. The summed E-state index contributed by atoms with van der Waals surface area (Å²) in [4.78, 5) is 0. The van der Waals surface area contributed by atoms with Crippen LogP contribution < -0.4 is 26.4 Å². The maximum absolute atomic E-state index is 5.82. The van der Waals surface area contributed by atoms with E-state index in [0.29, 0.717) is 11.7 Å². The highest BCUT2D eigenvalue weighted by molar-refractivity contribution is 7.80. The first kappa shape index (κ1) is 11.9. The fourth-order valence-corrected chi connectivity index (χ4v) is 2.99. The van der Waals surface area contributed by atoms with Crippen LogP contribution in [0.2, 0.25) is 0 Å². The minimum Gasteiger partial charge on any atom is -0.493 e. The lowest BCUT2D eigenvalue weighted by Gasteiger charge is -2.44. The van der Waals surface area contributed by atoms with Crippen LogP contribution in [0.25, 0.3) is 10.8 Å². The molecular weight excluding hydrogens is 272 g/mol. The molecule has 2 aromatic carbocycles. The molecule has 6 heteroatoms. The van der Waals surface area contributed by atoms with Gasteiger partial charge in [-0.15, -0.1) is 0 Å². The van der Waals surface area contributed by atoms with Crippen molar-refractivity contribution in [3.05, 3.63) is 42.0 Å². The molecule has 0 unspecified atom stereocenters. The van der Waals surface area contributed by atoms with Gasteiger partial charge < -0.3 is 4.74 Å². The Morgan fingerprint density at radius 2 is 1.85 bits per heavy atom. The topological polar surface area (TPSA) is 57.4 Å². The normalized spacial score (nSPS) is 19.9. The molecule has 2 aliphatic rings. The first-order chi connectivity index (χ1) is 9.78. The second-order valence-corrected chi connectivity index (χ2v) is 5.40. The van der Waals surface area contributed by atoms with Gasteiger partial charge in [0, 0.05) is 12.0 Å². The third-order valence-electron chi connectivity index (χ3n) is 3.83. The summed E-state index contributed by atoms with van der Waals surface area (Å²) in [6.45, 7) is 0.640. The van der Waals surface area contributed by atoms with Gasteiger partial charge in [0.2, 0.25) is 0 Å². The zero-order chi connectivity index (χ0) is 13.6. The van der Waals surface area contributed by atoms with Crippen molar-refractivity contribution < 1.29 is 4.74 Å². The third-order valence-corrected chi connectivity index (χ3v) is 4.04. The van der Waals surface area contributed by atoms with E-state index in [1.54, 1.807) is 0 Å². The van der Waals surface area contributed by atoms with Crippen molar-refractivity contribution in [1.82, 2.24) is 21.7 Å². The number of thiocarbonyl (C=S) groups is 1. The molecule has 4 rings (SSSR count). The Morgan fingerprint density at radius 3 is 2.70 bits per heavy atom. The maximum atomic E-state index is 5.82. The number of benzene rings is 2. The van der Waals surface area contributed by atoms with Crippen LogP contribution in [0.15, 0.2) is 36.4 Å². The van der Waals surface area contributed by atoms with Gasteiger partial charge in [0.1, 0.15) is 11.4 Å². The molecule has 0 atom stereocenters. The summed E-state index contributed by atoms with van der Waals surface area (Å²) in [6.07, 6.45) is 0.788. The molecule has 0 aliphatic carbocycles. The lowest BCUT2D eigenvalue weighted by molar-refractivity contribution is 0.123. The Balaban J connectivity index is 1.95. The Hall–Kier alpha value is -1.89. The molecule has 0 saturated carbocycles. The second-order valence-electron chi connectivity index (χ2n) is 4.99. The van der Waals surface area contributed by atoms with Crippen molar-refractivity contribution in [1.29, 1.82) is 0 Å². The molecule has 2 aromatic rings. The van der Waals surface area contributed by atoms with E-state index in [1.165, 1.54) is 10.8 Å². The fraction of sp³-hybridized carbons (Fsp3) is 0.214. The van der Waals surface area contributed by atoms with Gasteiger partial charge in [-0.2, -0.15) is 0 Å². The summed E-state index contributed by atoms with van der Waals surface area (Å²) >= 11 is 5.07. The highest BCUT2D eigenvalue weighted by Crippen LogP contribution is 2.40. The number of hydrogen-bond acceptors (Lipinski definition) is 4. The Kier molecular flexibility index (Phi) is 2.56. The summed E-state index contributed by atoms with van der Waals surface area (Å²) in [7, 11) is 0.